The van der Waals surface area contributed by atoms with Crippen molar-refractivity contribution < 1.29 is 14.3 Å². The second-order valence-corrected chi connectivity index (χ2v) is 10.5. The van der Waals surface area contributed by atoms with Crippen molar-refractivity contribution in [1.82, 2.24) is 15.2 Å². The van der Waals surface area contributed by atoms with Crippen molar-refractivity contribution in [2.24, 2.45) is 5.92 Å². The Bertz CT molecular complexity index is 1200. The number of nitrogens with zero attached hydrogens (tertiary/aromatic N) is 4. The van der Waals surface area contributed by atoms with Crippen LogP contribution in [0.4, 0.5) is 4.79 Å². The maximum Gasteiger partial charge on any atom is 0.411 e. The fourth-order valence-corrected chi connectivity index (χ4v) is 5.19. The molecule has 3 heterocycles. The predicted octanol–water partition coefficient (Wildman–Crippen LogP) is 4.35. The molecule has 2 atom stereocenters. The summed E-state index contributed by atoms with van der Waals surface area (Å²) in [6.45, 7) is 5.45. The Balaban J connectivity index is 1.44. The molecule has 0 unspecified atom stereocenters. The van der Waals surface area contributed by atoms with Gasteiger partial charge in [-0.2, -0.15) is 10.5 Å². The third kappa shape index (κ3) is 5.66. The molecule has 5 rings (SSSR count). The molecule has 186 valence electrons. The summed E-state index contributed by atoms with van der Waals surface area (Å²) < 4.78 is 5.62. The first kappa shape index (κ1) is 25.2. The first-order valence-electron chi connectivity index (χ1n) is 12.4. The van der Waals surface area contributed by atoms with Gasteiger partial charge in [0.15, 0.2) is 0 Å². The van der Waals surface area contributed by atoms with Crippen molar-refractivity contribution in [3.8, 4) is 23.3 Å². The summed E-state index contributed by atoms with van der Waals surface area (Å²) in [6.07, 6.45) is 5.00. The van der Waals surface area contributed by atoms with Crippen molar-refractivity contribution in [2.75, 3.05) is 0 Å². The van der Waals surface area contributed by atoms with Crippen LogP contribution >= 0.6 is 0 Å². The molecule has 0 radical (unpaired) electrons. The molecule has 2 aliphatic heterocycles. The Kier molecular flexibility index (Phi) is 7.26. The molecular weight excluding hydrogens is 454 g/mol. The minimum Gasteiger partial charge on any atom is -0.444 e. The standard InChI is InChI=1S/C28H31N5O3/c1-28(2,3)36-27(35)33-24-10-8-20(9-11-24)25(33)26(34)32-23(17-30)14-18-4-6-19(7-5-18)21-12-13-31-22(15-21)16-29/h4-7,12-13,15,20,23-25H,8-11,14H2,1-3H3,(H,32,34)/t20?,23-,24?,25-/m0/s1. The van der Waals surface area contributed by atoms with E-state index in [1.165, 1.54) is 0 Å². The van der Waals surface area contributed by atoms with Gasteiger partial charge in [-0.1, -0.05) is 24.3 Å². The SMILES string of the molecule is CC(C)(C)OC(=O)N1C2CCC(CC2)[C@H]1C(=O)N[C@H](C#N)Cc1ccc(-c2ccnc(C#N)c2)cc1. The number of benzene rings is 1. The lowest BCUT2D eigenvalue weighted by atomic mass is 9.74. The monoisotopic (exact) mass is 485 g/mol. The lowest BCUT2D eigenvalue weighted by molar-refractivity contribution is -0.135. The van der Waals surface area contributed by atoms with Crippen molar-refractivity contribution in [1.29, 1.82) is 10.5 Å². The smallest absolute Gasteiger partial charge is 0.411 e. The molecule has 1 N–H and O–H groups in total. The fourth-order valence-electron chi connectivity index (χ4n) is 5.19. The number of fused-ring (bicyclic) bond motifs is 3. The largest absolute Gasteiger partial charge is 0.444 e. The van der Waals surface area contributed by atoms with Crippen LogP contribution in [0.3, 0.4) is 0 Å². The van der Waals surface area contributed by atoms with Crippen molar-refractivity contribution >= 4 is 12.0 Å². The molecule has 2 bridgehead atoms. The molecular formula is C28H31N5O3. The number of hydrogen-bond donors (Lipinski definition) is 1. The van der Waals surface area contributed by atoms with Crippen molar-refractivity contribution in [3.05, 3.63) is 53.9 Å². The van der Waals surface area contributed by atoms with Gasteiger partial charge in [0.05, 0.1) is 6.07 Å². The topological polar surface area (TPSA) is 119 Å². The van der Waals surface area contributed by atoms with Crippen LogP contribution in [0.25, 0.3) is 11.1 Å². The minimum absolute atomic E-state index is 0.0107. The van der Waals surface area contributed by atoms with Gasteiger partial charge in [-0.15, -0.1) is 0 Å². The van der Waals surface area contributed by atoms with E-state index >= 15 is 0 Å². The predicted molar refractivity (Wildman–Crippen MR) is 133 cm³/mol. The summed E-state index contributed by atoms with van der Waals surface area (Å²) in [5.41, 5.74) is 2.41. The van der Waals surface area contributed by atoms with Crippen LogP contribution in [-0.4, -0.2) is 45.6 Å². The Morgan fingerprint density at radius 2 is 1.81 bits per heavy atom. The molecule has 1 aliphatic carbocycles. The minimum atomic E-state index is -0.726. The number of aromatic nitrogens is 1. The highest BCUT2D eigenvalue weighted by Crippen LogP contribution is 2.40. The van der Waals surface area contributed by atoms with Gasteiger partial charge in [-0.3, -0.25) is 9.69 Å². The molecule has 1 aromatic carbocycles. The number of carbonyl (C=O) groups excluding carboxylic acids is 2. The molecule has 1 saturated carbocycles. The summed E-state index contributed by atoms with van der Waals surface area (Å²) in [4.78, 5) is 32.0. The van der Waals surface area contributed by atoms with E-state index in [1.54, 1.807) is 17.2 Å². The first-order valence-corrected chi connectivity index (χ1v) is 12.4. The van der Waals surface area contributed by atoms with E-state index in [0.717, 1.165) is 42.4 Å². The Hall–Kier alpha value is -3.91. The van der Waals surface area contributed by atoms with Gasteiger partial charge in [-0.05, 0) is 81.2 Å². The molecule has 3 aliphatic rings. The van der Waals surface area contributed by atoms with Crippen LogP contribution in [0.1, 0.15) is 57.7 Å². The van der Waals surface area contributed by atoms with Crippen LogP contribution in [0.2, 0.25) is 0 Å². The van der Waals surface area contributed by atoms with E-state index in [9.17, 15) is 14.9 Å². The Morgan fingerprint density at radius 1 is 1.11 bits per heavy atom. The van der Waals surface area contributed by atoms with Gasteiger partial charge in [0.25, 0.3) is 0 Å². The van der Waals surface area contributed by atoms with Gasteiger partial charge in [0.2, 0.25) is 5.91 Å². The van der Waals surface area contributed by atoms with Gasteiger partial charge in [0, 0.05) is 18.7 Å². The summed E-state index contributed by atoms with van der Waals surface area (Å²) in [5.74, 6) is -0.223. The van der Waals surface area contributed by atoms with E-state index in [4.69, 9.17) is 10.00 Å². The molecule has 2 saturated heterocycles. The van der Waals surface area contributed by atoms with Gasteiger partial charge in [0.1, 0.15) is 29.4 Å². The van der Waals surface area contributed by atoms with Crippen LogP contribution in [-0.2, 0) is 16.0 Å². The average Bonchev–Trinajstić information content (AvgIpc) is 2.87. The lowest BCUT2D eigenvalue weighted by Gasteiger charge is -2.50. The van der Waals surface area contributed by atoms with E-state index in [-0.39, 0.29) is 17.9 Å². The fraction of sp³-hybridized carbons (Fsp3) is 0.464. The van der Waals surface area contributed by atoms with Crippen LogP contribution in [0.5, 0.6) is 0 Å². The highest BCUT2D eigenvalue weighted by molar-refractivity contribution is 5.87. The van der Waals surface area contributed by atoms with E-state index in [1.807, 2.05) is 57.2 Å². The molecule has 3 fully saturated rings. The van der Waals surface area contributed by atoms with Crippen molar-refractivity contribution in [2.45, 2.75) is 76.6 Å². The maximum atomic E-state index is 13.4. The zero-order valence-corrected chi connectivity index (χ0v) is 20.9. The third-order valence-corrected chi connectivity index (χ3v) is 6.83. The lowest BCUT2D eigenvalue weighted by Crippen LogP contribution is -2.64. The van der Waals surface area contributed by atoms with Crippen LogP contribution in [0, 0.1) is 28.6 Å². The molecule has 1 aromatic heterocycles. The Labute approximate surface area is 211 Å². The summed E-state index contributed by atoms with van der Waals surface area (Å²) >= 11 is 0. The number of amides is 2. The van der Waals surface area contributed by atoms with E-state index < -0.39 is 23.8 Å². The molecule has 2 aromatic rings. The number of hydrogen-bond acceptors (Lipinski definition) is 6. The first-order chi connectivity index (χ1) is 17.2. The van der Waals surface area contributed by atoms with E-state index in [0.29, 0.717) is 12.1 Å². The van der Waals surface area contributed by atoms with Crippen LogP contribution < -0.4 is 5.32 Å². The number of ether oxygens (including phenoxy) is 1. The van der Waals surface area contributed by atoms with Crippen LogP contribution in [0.15, 0.2) is 42.6 Å². The molecule has 8 nitrogen and oxygen atoms in total. The second-order valence-electron chi connectivity index (χ2n) is 10.5. The Morgan fingerprint density at radius 3 is 2.42 bits per heavy atom. The summed E-state index contributed by atoms with van der Waals surface area (Å²) in [6, 6.07) is 14.1. The van der Waals surface area contributed by atoms with Gasteiger partial charge in [-0.25, -0.2) is 9.78 Å². The summed E-state index contributed by atoms with van der Waals surface area (Å²) in [5, 5.41) is 21.7. The van der Waals surface area contributed by atoms with Gasteiger partial charge < -0.3 is 10.1 Å². The average molecular weight is 486 g/mol. The van der Waals surface area contributed by atoms with E-state index in [2.05, 4.69) is 16.4 Å². The highest BCUT2D eigenvalue weighted by Gasteiger charge is 2.49. The second kappa shape index (κ2) is 10.4. The molecule has 36 heavy (non-hydrogen) atoms. The van der Waals surface area contributed by atoms with Gasteiger partial charge >= 0.3 is 6.09 Å². The number of pyridine rings is 1. The summed E-state index contributed by atoms with van der Waals surface area (Å²) in [7, 11) is 0. The maximum absolute atomic E-state index is 13.4. The normalized spacial score (nSPS) is 21.7. The molecule has 8 heteroatoms. The number of piperidine rings is 2. The zero-order valence-electron chi connectivity index (χ0n) is 20.9. The number of rotatable bonds is 5. The van der Waals surface area contributed by atoms with Crippen molar-refractivity contribution in [3.63, 3.8) is 0 Å². The quantitative estimate of drug-likeness (QED) is 0.672. The third-order valence-electron chi connectivity index (χ3n) is 6.83. The molecule has 2 amide bonds. The number of carbonyl (C=O) groups is 2. The highest BCUT2D eigenvalue weighted by atomic mass is 16.6. The number of nitrogens with one attached hydrogen (secondary N) is 1. The number of nitriles is 2. The molecule has 0 spiro atoms. The zero-order chi connectivity index (χ0) is 25.9.